The summed E-state index contributed by atoms with van der Waals surface area (Å²) in [5.41, 5.74) is 2.26. The van der Waals surface area contributed by atoms with E-state index in [0.29, 0.717) is 6.04 Å². The van der Waals surface area contributed by atoms with Gasteiger partial charge >= 0.3 is 0 Å². The Morgan fingerprint density at radius 1 is 1.35 bits per heavy atom. The molecule has 0 aromatic carbocycles. The van der Waals surface area contributed by atoms with Crippen molar-refractivity contribution >= 4 is 5.91 Å². The maximum absolute atomic E-state index is 12.4. The van der Waals surface area contributed by atoms with Crippen molar-refractivity contribution in [3.63, 3.8) is 0 Å². The molecule has 2 aliphatic rings. The predicted octanol–water partition coefficient (Wildman–Crippen LogP) is 1.48. The Morgan fingerprint density at radius 2 is 1.95 bits per heavy atom. The molecule has 2 fully saturated rings. The molecule has 114 valence electrons. The quantitative estimate of drug-likeness (QED) is 0.792. The summed E-state index contributed by atoms with van der Waals surface area (Å²) in [6, 6.07) is 0.604. The van der Waals surface area contributed by atoms with Crippen molar-refractivity contribution in [1.29, 1.82) is 0 Å². The van der Waals surface area contributed by atoms with Gasteiger partial charge < -0.3 is 15.1 Å². The van der Waals surface area contributed by atoms with Crippen molar-refractivity contribution in [2.75, 3.05) is 39.8 Å². The zero-order valence-electron chi connectivity index (χ0n) is 13.4. The van der Waals surface area contributed by atoms with Gasteiger partial charge in [0.1, 0.15) is 0 Å². The molecule has 0 aromatic rings. The first-order valence-corrected chi connectivity index (χ1v) is 7.88. The first-order valence-electron chi connectivity index (χ1n) is 7.88. The maximum Gasteiger partial charge on any atom is 0.249 e. The number of rotatable bonds is 4. The van der Waals surface area contributed by atoms with Crippen molar-refractivity contribution in [3.05, 3.63) is 11.1 Å². The van der Waals surface area contributed by atoms with Crippen LogP contribution in [0.15, 0.2) is 11.1 Å². The molecule has 0 aliphatic carbocycles. The highest BCUT2D eigenvalue weighted by Crippen LogP contribution is 2.21. The molecule has 1 N–H and O–H groups in total. The van der Waals surface area contributed by atoms with Gasteiger partial charge in [0.05, 0.1) is 0 Å². The Bertz CT molecular complexity index is 375. The molecular formula is C16H29N3O. The highest BCUT2D eigenvalue weighted by Gasteiger charge is 2.26. The van der Waals surface area contributed by atoms with Crippen molar-refractivity contribution in [2.45, 2.75) is 39.7 Å². The van der Waals surface area contributed by atoms with Crippen molar-refractivity contribution in [1.82, 2.24) is 15.1 Å². The van der Waals surface area contributed by atoms with Crippen LogP contribution in [-0.4, -0.2) is 61.5 Å². The molecular weight excluding hydrogens is 250 g/mol. The van der Waals surface area contributed by atoms with Crippen LogP contribution in [0.5, 0.6) is 0 Å². The lowest BCUT2D eigenvalue weighted by atomic mass is 9.94. The van der Waals surface area contributed by atoms with Crippen LogP contribution in [0.1, 0.15) is 33.6 Å². The molecule has 2 saturated heterocycles. The summed E-state index contributed by atoms with van der Waals surface area (Å²) >= 11 is 0. The first-order chi connectivity index (χ1) is 9.49. The van der Waals surface area contributed by atoms with Crippen molar-refractivity contribution < 1.29 is 4.79 Å². The molecule has 0 spiro atoms. The lowest BCUT2D eigenvalue weighted by Crippen LogP contribution is -2.44. The third-order valence-corrected chi connectivity index (χ3v) is 4.86. The largest absolute Gasteiger partial charge is 0.339 e. The molecule has 2 heterocycles. The molecule has 0 unspecified atom stereocenters. The fourth-order valence-electron chi connectivity index (χ4n) is 2.84. The molecule has 4 nitrogen and oxygen atoms in total. The molecule has 0 atom stereocenters. The van der Waals surface area contributed by atoms with E-state index in [4.69, 9.17) is 0 Å². The summed E-state index contributed by atoms with van der Waals surface area (Å²) in [4.78, 5) is 16.9. The van der Waals surface area contributed by atoms with E-state index in [9.17, 15) is 4.79 Å². The third kappa shape index (κ3) is 3.61. The van der Waals surface area contributed by atoms with E-state index >= 15 is 0 Å². The zero-order valence-corrected chi connectivity index (χ0v) is 13.4. The lowest BCUT2D eigenvalue weighted by Gasteiger charge is -2.35. The van der Waals surface area contributed by atoms with Crippen LogP contribution in [0.3, 0.4) is 0 Å². The Morgan fingerprint density at radius 3 is 2.40 bits per heavy atom. The number of piperidine rings is 1. The number of carbonyl (C=O) groups excluding carboxylic acids is 1. The van der Waals surface area contributed by atoms with E-state index in [1.165, 1.54) is 5.57 Å². The molecule has 0 saturated carbocycles. The minimum Gasteiger partial charge on any atom is -0.339 e. The van der Waals surface area contributed by atoms with Gasteiger partial charge in [-0.2, -0.15) is 0 Å². The van der Waals surface area contributed by atoms with Gasteiger partial charge in [-0.05, 0) is 52.2 Å². The Hall–Kier alpha value is -0.870. The maximum atomic E-state index is 12.4. The fraction of sp³-hybridized carbons (Fsp3) is 0.812. The SMILES string of the molecule is CC(C(=O)N1CCC(CN(C)C(C)C)CC1)=C1CNC1. The summed E-state index contributed by atoms with van der Waals surface area (Å²) < 4.78 is 0. The van der Waals surface area contributed by atoms with E-state index in [1.807, 2.05) is 11.8 Å². The summed E-state index contributed by atoms with van der Waals surface area (Å²) in [6.07, 6.45) is 2.29. The summed E-state index contributed by atoms with van der Waals surface area (Å²) in [5, 5.41) is 3.20. The van der Waals surface area contributed by atoms with E-state index in [-0.39, 0.29) is 5.91 Å². The van der Waals surface area contributed by atoms with E-state index in [0.717, 1.165) is 57.1 Å². The lowest BCUT2D eigenvalue weighted by molar-refractivity contribution is -0.128. The van der Waals surface area contributed by atoms with Crippen LogP contribution in [0, 0.1) is 5.92 Å². The standard InChI is InChI=1S/C16H29N3O/c1-12(2)18(4)11-14-5-7-19(8-6-14)16(20)13(3)15-9-17-10-15/h12,14,17H,5-11H2,1-4H3. The average Bonchev–Trinajstić information content (AvgIpc) is 2.36. The van der Waals surface area contributed by atoms with Crippen LogP contribution < -0.4 is 5.32 Å². The van der Waals surface area contributed by atoms with Crippen LogP contribution in [0.4, 0.5) is 0 Å². The number of amides is 1. The molecule has 0 bridgehead atoms. The van der Waals surface area contributed by atoms with Crippen molar-refractivity contribution in [2.24, 2.45) is 5.92 Å². The topological polar surface area (TPSA) is 35.6 Å². The average molecular weight is 279 g/mol. The number of nitrogens with zero attached hydrogens (tertiary/aromatic N) is 2. The highest BCUT2D eigenvalue weighted by molar-refractivity contribution is 5.94. The number of hydrogen-bond acceptors (Lipinski definition) is 3. The van der Waals surface area contributed by atoms with Crippen LogP contribution in [-0.2, 0) is 4.79 Å². The summed E-state index contributed by atoms with van der Waals surface area (Å²) in [5.74, 6) is 1.00. The van der Waals surface area contributed by atoms with Crippen LogP contribution >= 0.6 is 0 Å². The van der Waals surface area contributed by atoms with Gasteiger partial charge in [-0.1, -0.05) is 0 Å². The second-order valence-corrected chi connectivity index (χ2v) is 6.60. The van der Waals surface area contributed by atoms with Gasteiger partial charge in [-0.25, -0.2) is 0 Å². The third-order valence-electron chi connectivity index (χ3n) is 4.86. The molecule has 1 amide bonds. The normalized spacial score (nSPS) is 20.5. The molecule has 4 heteroatoms. The van der Waals surface area contributed by atoms with Gasteiger partial charge in [-0.15, -0.1) is 0 Å². The second-order valence-electron chi connectivity index (χ2n) is 6.60. The second kappa shape index (κ2) is 6.72. The van der Waals surface area contributed by atoms with Gasteiger partial charge in [0, 0.05) is 44.3 Å². The number of hydrogen-bond donors (Lipinski definition) is 1. The van der Waals surface area contributed by atoms with Gasteiger partial charge in [0.2, 0.25) is 5.91 Å². The minimum absolute atomic E-state index is 0.261. The molecule has 0 radical (unpaired) electrons. The monoisotopic (exact) mass is 279 g/mol. The van der Waals surface area contributed by atoms with Crippen LogP contribution in [0.2, 0.25) is 0 Å². The van der Waals surface area contributed by atoms with E-state index in [2.05, 4.69) is 31.1 Å². The van der Waals surface area contributed by atoms with Gasteiger partial charge in [-0.3, -0.25) is 4.79 Å². The predicted molar refractivity (Wildman–Crippen MR) is 82.6 cm³/mol. The van der Waals surface area contributed by atoms with Crippen LogP contribution in [0.25, 0.3) is 0 Å². The zero-order chi connectivity index (χ0) is 14.7. The summed E-state index contributed by atoms with van der Waals surface area (Å²) in [7, 11) is 2.19. The first kappa shape index (κ1) is 15.5. The van der Waals surface area contributed by atoms with E-state index < -0.39 is 0 Å². The Kier molecular flexibility index (Phi) is 5.22. The molecule has 2 rings (SSSR count). The number of nitrogens with one attached hydrogen (secondary N) is 1. The van der Waals surface area contributed by atoms with Gasteiger partial charge in [0.25, 0.3) is 0 Å². The number of carbonyl (C=O) groups is 1. The highest BCUT2D eigenvalue weighted by atomic mass is 16.2. The van der Waals surface area contributed by atoms with E-state index in [1.54, 1.807) is 0 Å². The molecule has 0 aromatic heterocycles. The Balaban J connectivity index is 1.80. The summed E-state index contributed by atoms with van der Waals surface area (Å²) in [6.45, 7) is 11.3. The number of likely N-dealkylation sites (tertiary alicyclic amines) is 1. The minimum atomic E-state index is 0.261. The van der Waals surface area contributed by atoms with Gasteiger partial charge in [0.15, 0.2) is 0 Å². The van der Waals surface area contributed by atoms with Crippen molar-refractivity contribution in [3.8, 4) is 0 Å². The Labute approximate surface area is 123 Å². The smallest absolute Gasteiger partial charge is 0.249 e. The fourth-order valence-corrected chi connectivity index (χ4v) is 2.84. The molecule has 20 heavy (non-hydrogen) atoms. The molecule has 2 aliphatic heterocycles.